The maximum atomic E-state index is 13.4. The van der Waals surface area contributed by atoms with Gasteiger partial charge in [-0.2, -0.15) is 13.2 Å². The average Bonchev–Trinajstić information content (AvgIpc) is 2.54. The Morgan fingerprint density at radius 2 is 1.85 bits per heavy atom. The average molecular weight is 377 g/mol. The summed E-state index contributed by atoms with van der Waals surface area (Å²) < 4.78 is 57.5. The van der Waals surface area contributed by atoms with Gasteiger partial charge in [0.25, 0.3) is 5.91 Å². The molecule has 0 saturated carbocycles. The molecule has 0 spiro atoms. The van der Waals surface area contributed by atoms with Crippen LogP contribution < -0.4 is 5.32 Å². The third-order valence-electron chi connectivity index (χ3n) is 3.73. The van der Waals surface area contributed by atoms with E-state index >= 15 is 0 Å². The van der Waals surface area contributed by atoms with Crippen LogP contribution in [0.5, 0.6) is 0 Å². The summed E-state index contributed by atoms with van der Waals surface area (Å²) in [4.78, 5) is 24.4. The van der Waals surface area contributed by atoms with Crippen LogP contribution in [0.25, 0.3) is 0 Å². The molecule has 1 aromatic rings. The smallest absolute Gasteiger partial charge is 0.417 e. The minimum atomic E-state index is -4.83. The fourth-order valence-electron chi connectivity index (χ4n) is 2.28. The number of hydrogen-bond donors (Lipinski definition) is 1. The number of halogens is 4. The van der Waals surface area contributed by atoms with Gasteiger partial charge in [-0.15, -0.1) is 0 Å². The monoisotopic (exact) mass is 377 g/mol. The van der Waals surface area contributed by atoms with Crippen LogP contribution in [0.4, 0.5) is 17.6 Å². The number of ether oxygens (including phenoxy) is 1. The molecule has 4 nitrogen and oxygen atoms in total. The van der Waals surface area contributed by atoms with Gasteiger partial charge in [0, 0.05) is 0 Å². The molecule has 1 atom stereocenters. The summed E-state index contributed by atoms with van der Waals surface area (Å²) in [5.74, 6) is -3.30. The Hall–Kier alpha value is -2.12. The van der Waals surface area contributed by atoms with Crippen LogP contribution >= 0.6 is 0 Å². The number of unbranched alkanes of at least 4 members (excludes halogenated alkanes) is 2. The first kappa shape index (κ1) is 21.9. The third kappa shape index (κ3) is 6.31. The Labute approximate surface area is 149 Å². The first-order chi connectivity index (χ1) is 12.1. The van der Waals surface area contributed by atoms with Crippen molar-refractivity contribution in [3.8, 4) is 0 Å². The van der Waals surface area contributed by atoms with Gasteiger partial charge in [0.2, 0.25) is 0 Å². The molecule has 26 heavy (non-hydrogen) atoms. The van der Waals surface area contributed by atoms with Crippen molar-refractivity contribution < 1.29 is 31.9 Å². The summed E-state index contributed by atoms with van der Waals surface area (Å²) >= 11 is 0. The highest BCUT2D eigenvalue weighted by atomic mass is 19.4. The molecule has 1 N–H and O–H groups in total. The van der Waals surface area contributed by atoms with Gasteiger partial charge >= 0.3 is 12.1 Å². The number of hydrogen-bond acceptors (Lipinski definition) is 3. The van der Waals surface area contributed by atoms with Crippen LogP contribution in [0.3, 0.4) is 0 Å². The van der Waals surface area contributed by atoms with Crippen LogP contribution in [0.15, 0.2) is 18.2 Å². The SMILES string of the molecule is CCCCCOC(=O)C(NC(=O)c1cc(F)ccc1C(F)(F)F)C(C)C. The molecule has 1 unspecified atom stereocenters. The minimum absolute atomic E-state index is 0.166. The van der Waals surface area contributed by atoms with Crippen molar-refractivity contribution in [1.29, 1.82) is 0 Å². The van der Waals surface area contributed by atoms with E-state index in [1.807, 2.05) is 6.92 Å². The van der Waals surface area contributed by atoms with Crippen molar-refractivity contribution >= 4 is 11.9 Å². The maximum Gasteiger partial charge on any atom is 0.417 e. The van der Waals surface area contributed by atoms with E-state index in [1.165, 1.54) is 0 Å². The Morgan fingerprint density at radius 1 is 1.19 bits per heavy atom. The van der Waals surface area contributed by atoms with E-state index in [9.17, 15) is 27.2 Å². The lowest BCUT2D eigenvalue weighted by atomic mass is 10.0. The summed E-state index contributed by atoms with van der Waals surface area (Å²) in [7, 11) is 0. The van der Waals surface area contributed by atoms with E-state index in [1.54, 1.807) is 13.8 Å². The van der Waals surface area contributed by atoms with Gasteiger partial charge in [0.1, 0.15) is 11.9 Å². The van der Waals surface area contributed by atoms with Crippen LogP contribution in [0.2, 0.25) is 0 Å². The van der Waals surface area contributed by atoms with Gasteiger partial charge in [-0.05, 0) is 30.5 Å². The van der Waals surface area contributed by atoms with E-state index < -0.39 is 47.0 Å². The quantitative estimate of drug-likeness (QED) is 0.417. The number of nitrogens with one attached hydrogen (secondary N) is 1. The number of amides is 1. The van der Waals surface area contributed by atoms with E-state index in [-0.39, 0.29) is 6.61 Å². The summed E-state index contributed by atoms with van der Waals surface area (Å²) in [5.41, 5.74) is -2.14. The van der Waals surface area contributed by atoms with Crippen LogP contribution in [-0.4, -0.2) is 24.5 Å². The van der Waals surface area contributed by atoms with Crippen LogP contribution in [0.1, 0.15) is 56.0 Å². The van der Waals surface area contributed by atoms with Crippen molar-refractivity contribution in [3.05, 3.63) is 35.1 Å². The number of rotatable bonds is 8. The molecule has 0 fully saturated rings. The van der Waals surface area contributed by atoms with Gasteiger partial charge in [0.05, 0.1) is 17.7 Å². The Morgan fingerprint density at radius 3 is 2.38 bits per heavy atom. The normalized spacial score (nSPS) is 12.8. The highest BCUT2D eigenvalue weighted by Gasteiger charge is 2.36. The van der Waals surface area contributed by atoms with Gasteiger partial charge in [0.15, 0.2) is 0 Å². The standard InChI is InChI=1S/C18H23F4NO3/c1-4-5-6-9-26-17(25)15(11(2)3)23-16(24)13-10-12(19)7-8-14(13)18(20,21)22/h7-8,10-11,15H,4-6,9H2,1-3H3,(H,23,24). The van der Waals surface area contributed by atoms with Gasteiger partial charge in [-0.25, -0.2) is 9.18 Å². The second kappa shape index (κ2) is 9.54. The van der Waals surface area contributed by atoms with E-state index in [0.29, 0.717) is 24.6 Å². The zero-order valence-corrected chi connectivity index (χ0v) is 15.0. The van der Waals surface area contributed by atoms with Crippen LogP contribution in [0, 0.1) is 11.7 Å². The molecule has 0 heterocycles. The molecule has 1 rings (SSSR count). The van der Waals surface area contributed by atoms with Crippen molar-refractivity contribution in [2.24, 2.45) is 5.92 Å². The highest BCUT2D eigenvalue weighted by molar-refractivity contribution is 5.98. The molecule has 8 heteroatoms. The molecular weight excluding hydrogens is 354 g/mol. The van der Waals surface area contributed by atoms with E-state index in [4.69, 9.17) is 4.74 Å². The lowest BCUT2D eigenvalue weighted by molar-refractivity contribution is -0.147. The van der Waals surface area contributed by atoms with Crippen molar-refractivity contribution in [2.45, 2.75) is 52.3 Å². The molecule has 0 saturated heterocycles. The second-order valence-electron chi connectivity index (χ2n) is 6.26. The van der Waals surface area contributed by atoms with Crippen molar-refractivity contribution in [1.82, 2.24) is 5.32 Å². The minimum Gasteiger partial charge on any atom is -0.464 e. The summed E-state index contributed by atoms with van der Waals surface area (Å²) in [6.45, 7) is 5.39. The summed E-state index contributed by atoms with van der Waals surface area (Å²) in [5, 5.41) is 2.23. The zero-order chi connectivity index (χ0) is 19.9. The molecule has 0 aliphatic rings. The number of carbonyl (C=O) groups is 2. The third-order valence-corrected chi connectivity index (χ3v) is 3.73. The molecule has 1 aromatic carbocycles. The zero-order valence-electron chi connectivity index (χ0n) is 15.0. The first-order valence-electron chi connectivity index (χ1n) is 8.42. The molecule has 0 bridgehead atoms. The Bertz CT molecular complexity index is 629. The molecule has 0 aromatic heterocycles. The van der Waals surface area contributed by atoms with Crippen molar-refractivity contribution in [2.75, 3.05) is 6.61 Å². The Kier molecular flexibility index (Phi) is 8.05. The summed E-state index contributed by atoms with van der Waals surface area (Å²) in [6, 6.07) is 0.495. The fraction of sp³-hybridized carbons (Fsp3) is 0.556. The predicted octanol–water partition coefficient (Wildman–Crippen LogP) is 4.33. The number of alkyl halides is 3. The molecular formula is C18H23F4NO3. The van der Waals surface area contributed by atoms with E-state index in [2.05, 4.69) is 5.32 Å². The molecule has 0 aliphatic heterocycles. The first-order valence-corrected chi connectivity index (χ1v) is 8.42. The van der Waals surface area contributed by atoms with E-state index in [0.717, 1.165) is 12.8 Å². The number of carbonyl (C=O) groups excluding carboxylic acids is 2. The molecule has 0 radical (unpaired) electrons. The molecule has 0 aliphatic carbocycles. The predicted molar refractivity (Wildman–Crippen MR) is 88.0 cm³/mol. The largest absolute Gasteiger partial charge is 0.464 e. The number of benzene rings is 1. The second-order valence-corrected chi connectivity index (χ2v) is 6.26. The van der Waals surface area contributed by atoms with Crippen LogP contribution in [-0.2, 0) is 15.7 Å². The number of esters is 1. The van der Waals surface area contributed by atoms with Gasteiger partial charge in [-0.1, -0.05) is 33.6 Å². The molecule has 146 valence electrons. The fourth-order valence-corrected chi connectivity index (χ4v) is 2.28. The maximum absolute atomic E-state index is 13.4. The Balaban J connectivity index is 2.95. The lowest BCUT2D eigenvalue weighted by Gasteiger charge is -2.22. The topological polar surface area (TPSA) is 55.4 Å². The van der Waals surface area contributed by atoms with Gasteiger partial charge in [-0.3, -0.25) is 4.79 Å². The van der Waals surface area contributed by atoms with Crippen molar-refractivity contribution in [3.63, 3.8) is 0 Å². The lowest BCUT2D eigenvalue weighted by Crippen LogP contribution is -2.45. The van der Waals surface area contributed by atoms with Gasteiger partial charge < -0.3 is 10.1 Å². The summed E-state index contributed by atoms with van der Waals surface area (Å²) in [6.07, 6.45) is -2.37. The highest BCUT2D eigenvalue weighted by Crippen LogP contribution is 2.32. The molecule has 1 amide bonds.